The predicted octanol–water partition coefficient (Wildman–Crippen LogP) is 0.528. The van der Waals surface area contributed by atoms with E-state index in [4.69, 9.17) is 13.9 Å². The van der Waals surface area contributed by atoms with E-state index in [0.29, 0.717) is 30.5 Å². The molecule has 2 aromatic rings. The maximum absolute atomic E-state index is 11.8. The van der Waals surface area contributed by atoms with Crippen LogP contribution in [0.2, 0.25) is 0 Å². The van der Waals surface area contributed by atoms with Crippen LogP contribution in [0.5, 0.6) is 11.5 Å². The van der Waals surface area contributed by atoms with Crippen molar-refractivity contribution in [3.8, 4) is 11.5 Å². The first kappa shape index (κ1) is 18.1. The Balaban J connectivity index is 1.44. The molecule has 1 aromatic heterocycles. The average Bonchev–Trinajstić information content (AvgIpc) is 3.22. The lowest BCUT2D eigenvalue weighted by Gasteiger charge is -2.18. The third-order valence-electron chi connectivity index (χ3n) is 3.50. The molecule has 1 aliphatic rings. The quantitative estimate of drug-likeness (QED) is 0.410. The summed E-state index contributed by atoms with van der Waals surface area (Å²) in [4.78, 5) is 35.0. The summed E-state index contributed by atoms with van der Waals surface area (Å²) in [5.74, 6) is -0.745. The molecule has 27 heavy (non-hydrogen) atoms. The lowest BCUT2D eigenvalue weighted by atomic mass is 10.2. The van der Waals surface area contributed by atoms with Gasteiger partial charge in [0.25, 0.3) is 5.91 Å². The van der Waals surface area contributed by atoms with Crippen LogP contribution in [0, 0.1) is 0 Å². The van der Waals surface area contributed by atoms with Gasteiger partial charge in [0.1, 0.15) is 19.0 Å². The summed E-state index contributed by atoms with van der Waals surface area (Å²) >= 11 is 0. The van der Waals surface area contributed by atoms with Gasteiger partial charge in [-0.3, -0.25) is 25.2 Å². The molecular weight excluding hydrogens is 354 g/mol. The van der Waals surface area contributed by atoms with Crippen LogP contribution < -0.4 is 25.6 Å². The zero-order chi connectivity index (χ0) is 19.1. The Hall–Kier alpha value is -3.75. The van der Waals surface area contributed by atoms with E-state index in [0.717, 1.165) is 5.56 Å². The molecule has 0 bridgehead atoms. The molecule has 0 radical (unpaired) electrons. The monoisotopic (exact) mass is 371 g/mol. The van der Waals surface area contributed by atoms with Crippen molar-refractivity contribution >= 4 is 23.8 Å². The summed E-state index contributed by atoms with van der Waals surface area (Å²) in [7, 11) is 0. The van der Waals surface area contributed by atoms with Crippen LogP contribution in [0.3, 0.4) is 0 Å². The second-order valence-electron chi connectivity index (χ2n) is 5.44. The number of ether oxygens (including phenoxy) is 2. The van der Waals surface area contributed by atoms with Gasteiger partial charge in [-0.1, -0.05) is 6.07 Å². The van der Waals surface area contributed by atoms with E-state index in [-0.39, 0.29) is 6.54 Å². The minimum atomic E-state index is -0.998. The number of hydrogen-bond acceptors (Lipinski definition) is 6. The number of amides is 3. The number of hydrogen-bond donors (Lipinski definition) is 3. The van der Waals surface area contributed by atoms with Crippen molar-refractivity contribution in [2.75, 3.05) is 13.2 Å². The average molecular weight is 371 g/mol. The SMILES string of the molecule is O=C(/C=C/c1ccc2c(c1)OCCO2)NNC(=O)C(=O)NCc1ccco1. The Morgan fingerprint density at radius 2 is 1.81 bits per heavy atom. The molecule has 0 spiro atoms. The van der Waals surface area contributed by atoms with Gasteiger partial charge in [-0.2, -0.15) is 0 Å². The molecule has 140 valence electrons. The molecule has 0 aliphatic carbocycles. The third-order valence-corrected chi connectivity index (χ3v) is 3.50. The molecule has 0 fully saturated rings. The Labute approximate surface area is 154 Å². The third kappa shape index (κ3) is 5.11. The van der Waals surface area contributed by atoms with Gasteiger partial charge in [0, 0.05) is 6.08 Å². The highest BCUT2D eigenvalue weighted by Gasteiger charge is 2.14. The summed E-state index contributed by atoms with van der Waals surface area (Å²) in [6.45, 7) is 1.03. The van der Waals surface area contributed by atoms with Gasteiger partial charge >= 0.3 is 11.8 Å². The molecule has 9 heteroatoms. The van der Waals surface area contributed by atoms with E-state index in [2.05, 4.69) is 10.7 Å². The van der Waals surface area contributed by atoms with Gasteiger partial charge in [-0.05, 0) is 35.9 Å². The van der Waals surface area contributed by atoms with Gasteiger partial charge in [-0.25, -0.2) is 0 Å². The van der Waals surface area contributed by atoms with Crippen LogP contribution in [-0.4, -0.2) is 30.9 Å². The molecule has 0 saturated heterocycles. The fraction of sp³-hybridized carbons (Fsp3) is 0.167. The highest BCUT2D eigenvalue weighted by Crippen LogP contribution is 2.30. The van der Waals surface area contributed by atoms with Gasteiger partial charge in [0.2, 0.25) is 0 Å². The minimum absolute atomic E-state index is 0.0667. The second-order valence-corrected chi connectivity index (χ2v) is 5.44. The lowest BCUT2D eigenvalue weighted by Crippen LogP contribution is -2.47. The summed E-state index contributed by atoms with van der Waals surface area (Å²) in [6, 6.07) is 8.56. The standard InChI is InChI=1S/C18H17N3O6/c22-16(6-4-12-3-5-14-15(10-12)27-9-8-26-14)20-21-18(24)17(23)19-11-13-2-1-7-25-13/h1-7,10H,8-9,11H2,(H,19,23)(H,20,22)(H,21,24)/b6-4+. The van der Waals surface area contributed by atoms with Crippen molar-refractivity contribution in [1.82, 2.24) is 16.2 Å². The molecule has 0 saturated carbocycles. The minimum Gasteiger partial charge on any atom is -0.486 e. The number of carbonyl (C=O) groups is 3. The van der Waals surface area contributed by atoms with Crippen molar-refractivity contribution in [1.29, 1.82) is 0 Å². The van der Waals surface area contributed by atoms with E-state index in [9.17, 15) is 14.4 Å². The summed E-state index contributed by atoms with van der Waals surface area (Å²) in [6.07, 6.45) is 4.21. The first-order valence-corrected chi connectivity index (χ1v) is 8.10. The van der Waals surface area contributed by atoms with E-state index < -0.39 is 17.7 Å². The Kier molecular flexibility index (Phi) is 5.73. The highest BCUT2D eigenvalue weighted by atomic mass is 16.6. The summed E-state index contributed by atoms with van der Waals surface area (Å²) < 4.78 is 15.9. The topological polar surface area (TPSA) is 119 Å². The number of carbonyl (C=O) groups excluding carboxylic acids is 3. The number of hydrazine groups is 1. The maximum Gasteiger partial charge on any atom is 0.327 e. The molecule has 2 heterocycles. The summed E-state index contributed by atoms with van der Waals surface area (Å²) in [5, 5.41) is 2.36. The van der Waals surface area contributed by atoms with E-state index in [1.54, 1.807) is 30.3 Å². The van der Waals surface area contributed by atoms with Crippen LogP contribution in [0.25, 0.3) is 6.08 Å². The van der Waals surface area contributed by atoms with Gasteiger partial charge in [-0.15, -0.1) is 0 Å². The Morgan fingerprint density at radius 3 is 2.59 bits per heavy atom. The number of fused-ring (bicyclic) bond motifs is 1. The molecule has 3 amide bonds. The molecule has 1 aliphatic heterocycles. The first-order valence-electron chi connectivity index (χ1n) is 8.10. The largest absolute Gasteiger partial charge is 0.486 e. The van der Waals surface area contributed by atoms with Crippen LogP contribution in [0.4, 0.5) is 0 Å². The number of rotatable bonds is 4. The highest BCUT2D eigenvalue weighted by molar-refractivity contribution is 6.35. The number of nitrogens with one attached hydrogen (secondary N) is 3. The van der Waals surface area contributed by atoms with Crippen molar-refractivity contribution in [3.63, 3.8) is 0 Å². The maximum atomic E-state index is 11.8. The predicted molar refractivity (Wildman–Crippen MR) is 93.3 cm³/mol. The molecular formula is C18H17N3O6. The number of furan rings is 1. The van der Waals surface area contributed by atoms with E-state index in [1.165, 1.54) is 18.4 Å². The fourth-order valence-electron chi connectivity index (χ4n) is 2.21. The van der Waals surface area contributed by atoms with Crippen LogP contribution >= 0.6 is 0 Å². The van der Waals surface area contributed by atoms with Gasteiger partial charge in [0.15, 0.2) is 11.5 Å². The summed E-state index contributed by atoms with van der Waals surface area (Å²) in [5.41, 5.74) is 4.86. The van der Waals surface area contributed by atoms with Crippen LogP contribution in [0.15, 0.2) is 47.1 Å². The van der Waals surface area contributed by atoms with Gasteiger partial charge < -0.3 is 19.2 Å². The van der Waals surface area contributed by atoms with Gasteiger partial charge in [0.05, 0.1) is 12.8 Å². The smallest absolute Gasteiger partial charge is 0.327 e. The zero-order valence-corrected chi connectivity index (χ0v) is 14.2. The molecule has 1 aromatic carbocycles. The van der Waals surface area contributed by atoms with Crippen molar-refractivity contribution < 1.29 is 28.3 Å². The van der Waals surface area contributed by atoms with E-state index in [1.807, 2.05) is 5.43 Å². The van der Waals surface area contributed by atoms with Crippen molar-refractivity contribution in [2.45, 2.75) is 6.54 Å². The Bertz CT molecular complexity index is 860. The Morgan fingerprint density at radius 1 is 1.00 bits per heavy atom. The first-order chi connectivity index (χ1) is 13.1. The zero-order valence-electron chi connectivity index (χ0n) is 14.2. The van der Waals surface area contributed by atoms with Crippen LogP contribution in [0.1, 0.15) is 11.3 Å². The molecule has 9 nitrogen and oxygen atoms in total. The molecule has 3 rings (SSSR count). The van der Waals surface area contributed by atoms with E-state index >= 15 is 0 Å². The molecule has 0 atom stereocenters. The lowest BCUT2D eigenvalue weighted by molar-refractivity contribution is -0.140. The second kappa shape index (κ2) is 8.56. The normalized spacial score (nSPS) is 12.4. The van der Waals surface area contributed by atoms with Crippen LogP contribution in [-0.2, 0) is 20.9 Å². The van der Waals surface area contributed by atoms with Crippen molar-refractivity contribution in [2.24, 2.45) is 0 Å². The fourth-order valence-corrected chi connectivity index (χ4v) is 2.21. The van der Waals surface area contributed by atoms with Crippen molar-refractivity contribution in [3.05, 3.63) is 54.0 Å². The number of benzene rings is 1. The molecule has 3 N–H and O–H groups in total. The molecule has 0 unspecified atom stereocenters.